The van der Waals surface area contributed by atoms with E-state index in [1.807, 2.05) is 48.5 Å². The van der Waals surface area contributed by atoms with Gasteiger partial charge in [0.25, 0.3) is 11.8 Å². The lowest BCUT2D eigenvalue weighted by Crippen LogP contribution is -2.26. The molecule has 1 aliphatic rings. The molecule has 4 aromatic carbocycles. The Balaban J connectivity index is 1.26. The van der Waals surface area contributed by atoms with E-state index in [0.717, 1.165) is 22.0 Å². The van der Waals surface area contributed by atoms with Crippen molar-refractivity contribution in [2.45, 2.75) is 6.54 Å². The van der Waals surface area contributed by atoms with Crippen molar-refractivity contribution in [1.29, 1.82) is 0 Å². The second-order valence-electron chi connectivity index (χ2n) is 8.02. The number of halogens is 1. The maximum Gasteiger partial charge on any atom is 0.271 e. The van der Waals surface area contributed by atoms with Crippen LogP contribution >= 0.6 is 15.9 Å². The Morgan fingerprint density at radius 2 is 1.86 bits per heavy atom. The number of rotatable bonds is 6. The molecule has 35 heavy (non-hydrogen) atoms. The van der Waals surface area contributed by atoms with Crippen LogP contribution in [0.25, 0.3) is 10.8 Å². The van der Waals surface area contributed by atoms with Crippen LogP contribution in [0.1, 0.15) is 31.8 Å². The number of hydrogen-bond donors (Lipinski definition) is 2. The summed E-state index contributed by atoms with van der Waals surface area (Å²) >= 11 is 3.25. The van der Waals surface area contributed by atoms with Crippen molar-refractivity contribution in [1.82, 2.24) is 5.43 Å². The highest BCUT2D eigenvalue weighted by Crippen LogP contribution is 2.38. The highest BCUT2D eigenvalue weighted by molar-refractivity contribution is 9.10. The third kappa shape index (κ3) is 4.24. The molecule has 0 bridgehead atoms. The van der Waals surface area contributed by atoms with Crippen molar-refractivity contribution in [3.8, 4) is 11.5 Å². The molecule has 8 heteroatoms. The van der Waals surface area contributed by atoms with Gasteiger partial charge in [-0.05, 0) is 68.8 Å². The Hall–Kier alpha value is -4.17. The van der Waals surface area contributed by atoms with E-state index in [4.69, 9.17) is 4.74 Å². The van der Waals surface area contributed by atoms with Crippen LogP contribution in [0.15, 0.2) is 82.4 Å². The molecule has 0 aliphatic carbocycles. The molecule has 2 N–H and O–H groups in total. The topological polar surface area (TPSA) is 91.2 Å². The summed E-state index contributed by atoms with van der Waals surface area (Å²) in [5.41, 5.74) is 6.08. The van der Waals surface area contributed by atoms with Crippen LogP contribution in [-0.2, 0) is 6.54 Å². The van der Waals surface area contributed by atoms with Gasteiger partial charge in [-0.25, -0.2) is 5.43 Å². The molecule has 2 amide bonds. The highest BCUT2D eigenvalue weighted by atomic mass is 79.9. The number of phenols is 1. The van der Waals surface area contributed by atoms with Gasteiger partial charge in [0.2, 0.25) is 0 Å². The molecule has 0 saturated carbocycles. The number of benzene rings is 4. The first-order chi connectivity index (χ1) is 17.0. The molecule has 1 aliphatic heterocycles. The Morgan fingerprint density at radius 1 is 1.11 bits per heavy atom. The van der Waals surface area contributed by atoms with Gasteiger partial charge in [-0.1, -0.05) is 36.4 Å². The predicted molar refractivity (Wildman–Crippen MR) is 138 cm³/mol. The van der Waals surface area contributed by atoms with E-state index < -0.39 is 0 Å². The van der Waals surface area contributed by atoms with Crippen molar-refractivity contribution < 1.29 is 19.4 Å². The molecule has 0 unspecified atom stereocenters. The first-order valence-electron chi connectivity index (χ1n) is 10.8. The van der Waals surface area contributed by atoms with Crippen LogP contribution in [0.3, 0.4) is 0 Å². The number of hydrazone groups is 1. The lowest BCUT2D eigenvalue weighted by atomic mass is 10.1. The molecule has 5 rings (SSSR count). The number of hydrogen-bond acceptors (Lipinski definition) is 5. The number of carbonyl (C=O) groups excluding carboxylic acids is 2. The van der Waals surface area contributed by atoms with Gasteiger partial charge in [-0.15, -0.1) is 0 Å². The van der Waals surface area contributed by atoms with Crippen molar-refractivity contribution in [2.75, 3.05) is 12.0 Å². The van der Waals surface area contributed by atoms with Crippen LogP contribution in [0.4, 0.5) is 5.69 Å². The van der Waals surface area contributed by atoms with Crippen LogP contribution in [0.2, 0.25) is 0 Å². The number of nitrogens with zero attached hydrogens (tertiary/aromatic N) is 2. The standard InChI is InChI=1S/C27H20BrN3O4/c1-35-23-13-17(12-21(28)25(23)32)14-29-30-26(33)19-10-8-16(9-11-19)15-31-22-7-3-5-18-4-2-6-20(24(18)22)27(31)34/h2-14,32H,15H2,1H3,(H,30,33). The molecule has 0 saturated heterocycles. The molecule has 0 fully saturated rings. The number of anilines is 1. The fourth-order valence-corrected chi connectivity index (χ4v) is 4.59. The average Bonchev–Trinajstić information content (AvgIpc) is 3.14. The van der Waals surface area contributed by atoms with Crippen molar-refractivity contribution in [2.24, 2.45) is 5.10 Å². The Morgan fingerprint density at radius 3 is 2.60 bits per heavy atom. The molecule has 0 aromatic heterocycles. The number of carbonyl (C=O) groups is 2. The average molecular weight is 530 g/mol. The van der Waals surface area contributed by atoms with Crippen LogP contribution in [-0.4, -0.2) is 30.2 Å². The van der Waals surface area contributed by atoms with E-state index >= 15 is 0 Å². The number of amides is 2. The second-order valence-corrected chi connectivity index (χ2v) is 8.88. The highest BCUT2D eigenvalue weighted by Gasteiger charge is 2.29. The van der Waals surface area contributed by atoms with Crippen molar-refractivity contribution >= 4 is 50.4 Å². The minimum absolute atomic E-state index is 0.00929. The zero-order valence-electron chi connectivity index (χ0n) is 18.7. The summed E-state index contributed by atoms with van der Waals surface area (Å²) < 4.78 is 5.56. The maximum absolute atomic E-state index is 13.0. The third-order valence-corrected chi connectivity index (χ3v) is 6.46. The summed E-state index contributed by atoms with van der Waals surface area (Å²) in [7, 11) is 1.45. The quantitative estimate of drug-likeness (QED) is 0.264. The zero-order valence-corrected chi connectivity index (χ0v) is 20.2. The van der Waals surface area contributed by atoms with Gasteiger partial charge in [0, 0.05) is 16.5 Å². The number of nitrogens with one attached hydrogen (secondary N) is 1. The minimum atomic E-state index is -0.368. The van der Waals surface area contributed by atoms with E-state index in [2.05, 4.69) is 26.5 Å². The first kappa shape index (κ1) is 22.6. The summed E-state index contributed by atoms with van der Waals surface area (Å²) in [5.74, 6) is -0.110. The molecule has 0 radical (unpaired) electrons. The van der Waals surface area contributed by atoms with E-state index in [0.29, 0.717) is 33.5 Å². The summed E-state index contributed by atoms with van der Waals surface area (Å²) in [6.45, 7) is 0.407. The smallest absolute Gasteiger partial charge is 0.271 e. The van der Waals surface area contributed by atoms with E-state index in [1.165, 1.54) is 13.3 Å². The number of phenolic OH excluding ortho intramolecular Hbond substituents is 1. The van der Waals surface area contributed by atoms with Gasteiger partial charge in [0.15, 0.2) is 11.5 Å². The first-order valence-corrected chi connectivity index (χ1v) is 11.6. The van der Waals surface area contributed by atoms with Crippen LogP contribution in [0.5, 0.6) is 11.5 Å². The van der Waals surface area contributed by atoms with E-state index in [-0.39, 0.29) is 17.6 Å². The fraction of sp³-hybridized carbons (Fsp3) is 0.0741. The summed E-state index contributed by atoms with van der Waals surface area (Å²) in [4.78, 5) is 27.3. The van der Waals surface area contributed by atoms with E-state index in [1.54, 1.807) is 29.2 Å². The monoisotopic (exact) mass is 529 g/mol. The molecular weight excluding hydrogens is 510 g/mol. The lowest BCUT2D eigenvalue weighted by Gasteiger charge is -2.18. The van der Waals surface area contributed by atoms with Gasteiger partial charge in [0.05, 0.1) is 30.0 Å². The normalized spacial score (nSPS) is 12.5. The lowest BCUT2D eigenvalue weighted by molar-refractivity contribution is 0.0953. The van der Waals surface area contributed by atoms with Gasteiger partial charge in [-0.3, -0.25) is 9.59 Å². The molecule has 4 aromatic rings. The Labute approximate surface area is 209 Å². The van der Waals surface area contributed by atoms with Crippen molar-refractivity contribution in [3.05, 3.63) is 99.5 Å². The summed E-state index contributed by atoms with van der Waals surface area (Å²) in [5, 5.41) is 15.9. The SMILES string of the molecule is COc1cc(C=NNC(=O)c2ccc(CN3C(=O)c4cccc5cccc3c45)cc2)cc(Br)c1O. The zero-order chi connectivity index (χ0) is 24.5. The summed E-state index contributed by atoms with van der Waals surface area (Å²) in [6, 6.07) is 22.0. The molecular formula is C27H20BrN3O4. The minimum Gasteiger partial charge on any atom is -0.503 e. The Kier molecular flexibility index (Phi) is 5.96. The van der Waals surface area contributed by atoms with Crippen LogP contribution in [0, 0.1) is 0 Å². The molecule has 1 heterocycles. The molecule has 7 nitrogen and oxygen atoms in total. The van der Waals surface area contributed by atoms with Gasteiger partial charge in [-0.2, -0.15) is 5.10 Å². The molecule has 0 atom stereocenters. The van der Waals surface area contributed by atoms with Crippen LogP contribution < -0.4 is 15.1 Å². The number of methoxy groups -OCH3 is 1. The Bertz CT molecular complexity index is 1490. The largest absolute Gasteiger partial charge is 0.503 e. The second kappa shape index (κ2) is 9.23. The van der Waals surface area contributed by atoms with Gasteiger partial charge >= 0.3 is 0 Å². The molecule has 0 spiro atoms. The fourth-order valence-electron chi connectivity index (χ4n) is 4.13. The maximum atomic E-state index is 13.0. The predicted octanol–water partition coefficient (Wildman–Crippen LogP) is 5.24. The van der Waals surface area contributed by atoms with Crippen molar-refractivity contribution in [3.63, 3.8) is 0 Å². The van der Waals surface area contributed by atoms with Gasteiger partial charge in [0.1, 0.15) is 0 Å². The van der Waals surface area contributed by atoms with Gasteiger partial charge < -0.3 is 14.7 Å². The number of aromatic hydroxyl groups is 1. The van der Waals surface area contributed by atoms with E-state index in [9.17, 15) is 14.7 Å². The molecule has 174 valence electrons. The number of ether oxygens (including phenoxy) is 1. The summed E-state index contributed by atoms with van der Waals surface area (Å²) in [6.07, 6.45) is 1.45. The third-order valence-electron chi connectivity index (χ3n) is 5.86.